The molecule has 8 heteroatoms. The molecule has 0 aliphatic carbocycles. The van der Waals surface area contributed by atoms with Gasteiger partial charge < -0.3 is 15.4 Å². The number of pyridine rings is 1. The number of amides is 4. The first kappa shape index (κ1) is 20.3. The quantitative estimate of drug-likeness (QED) is 0.628. The molecule has 3 rings (SSSR count). The third-order valence-electron chi connectivity index (χ3n) is 4.79. The van der Waals surface area contributed by atoms with E-state index in [9.17, 15) is 14.4 Å². The lowest BCUT2D eigenvalue weighted by atomic mass is 10.1. The molecule has 152 valence electrons. The van der Waals surface area contributed by atoms with Crippen LogP contribution in [0.1, 0.15) is 24.0 Å². The summed E-state index contributed by atoms with van der Waals surface area (Å²) in [7, 11) is 1.60. The van der Waals surface area contributed by atoms with E-state index in [1.807, 2.05) is 36.4 Å². The average Bonchev–Trinajstić information content (AvgIpc) is 3.03. The van der Waals surface area contributed by atoms with Crippen LogP contribution < -0.4 is 15.4 Å². The van der Waals surface area contributed by atoms with E-state index in [4.69, 9.17) is 4.74 Å². The molecule has 1 atom stereocenters. The average molecular weight is 396 g/mol. The minimum Gasteiger partial charge on any atom is -0.497 e. The van der Waals surface area contributed by atoms with E-state index >= 15 is 0 Å². The minimum atomic E-state index is -0.662. The lowest BCUT2D eigenvalue weighted by Crippen LogP contribution is -2.34. The van der Waals surface area contributed by atoms with Crippen LogP contribution in [0.15, 0.2) is 48.8 Å². The standard InChI is InChI=1S/C21H24N4O4/c1-29-17-4-2-15(3-5-17)10-13-25-20(27)18(24-21(25)28)6-7-19(26)23-14-16-8-11-22-12-9-16/h2-5,8-9,11-12,18H,6-7,10,13-14H2,1H3,(H,23,26)(H,24,28). The molecule has 1 aliphatic heterocycles. The molecule has 0 spiro atoms. The molecule has 2 aromatic rings. The zero-order valence-electron chi connectivity index (χ0n) is 16.3. The number of nitrogens with zero attached hydrogens (tertiary/aromatic N) is 2. The molecule has 1 saturated heterocycles. The third-order valence-corrected chi connectivity index (χ3v) is 4.79. The summed E-state index contributed by atoms with van der Waals surface area (Å²) < 4.78 is 5.12. The highest BCUT2D eigenvalue weighted by molar-refractivity contribution is 6.04. The van der Waals surface area contributed by atoms with Gasteiger partial charge in [-0.2, -0.15) is 0 Å². The van der Waals surface area contributed by atoms with Gasteiger partial charge in [-0.25, -0.2) is 4.79 Å². The Morgan fingerprint density at radius 3 is 2.55 bits per heavy atom. The maximum Gasteiger partial charge on any atom is 0.324 e. The predicted octanol–water partition coefficient (Wildman–Crippen LogP) is 1.65. The van der Waals surface area contributed by atoms with Crippen LogP contribution >= 0.6 is 0 Å². The van der Waals surface area contributed by atoms with E-state index in [1.54, 1.807) is 19.5 Å². The van der Waals surface area contributed by atoms with Crippen molar-refractivity contribution in [3.05, 3.63) is 59.9 Å². The first-order valence-electron chi connectivity index (χ1n) is 9.47. The highest BCUT2D eigenvalue weighted by Gasteiger charge is 2.37. The molecule has 1 fully saturated rings. The second-order valence-corrected chi connectivity index (χ2v) is 6.76. The smallest absolute Gasteiger partial charge is 0.324 e. The van der Waals surface area contributed by atoms with Crippen LogP contribution in [0.3, 0.4) is 0 Å². The number of hydrogen-bond acceptors (Lipinski definition) is 5. The van der Waals surface area contributed by atoms with E-state index in [0.29, 0.717) is 19.5 Å². The molecule has 0 bridgehead atoms. The number of urea groups is 1. The summed E-state index contributed by atoms with van der Waals surface area (Å²) in [5, 5.41) is 5.47. The molecule has 1 aromatic carbocycles. The molecule has 1 aliphatic rings. The summed E-state index contributed by atoms with van der Waals surface area (Å²) in [6.07, 6.45) is 4.31. The highest BCUT2D eigenvalue weighted by Crippen LogP contribution is 2.15. The van der Waals surface area contributed by atoms with E-state index in [1.165, 1.54) is 4.90 Å². The van der Waals surface area contributed by atoms with Crippen molar-refractivity contribution < 1.29 is 19.1 Å². The van der Waals surface area contributed by atoms with Gasteiger partial charge in [-0.1, -0.05) is 12.1 Å². The van der Waals surface area contributed by atoms with Gasteiger partial charge in [-0.05, 0) is 48.2 Å². The van der Waals surface area contributed by atoms with Gasteiger partial charge >= 0.3 is 6.03 Å². The van der Waals surface area contributed by atoms with Crippen molar-refractivity contribution in [1.82, 2.24) is 20.5 Å². The maximum atomic E-state index is 12.5. The Labute approximate surface area is 169 Å². The van der Waals surface area contributed by atoms with E-state index in [0.717, 1.165) is 16.9 Å². The molecule has 1 unspecified atom stereocenters. The molecule has 2 N–H and O–H groups in total. The normalized spacial score (nSPS) is 15.9. The van der Waals surface area contributed by atoms with Crippen LogP contribution in [-0.4, -0.2) is 47.4 Å². The fourth-order valence-corrected chi connectivity index (χ4v) is 3.08. The topological polar surface area (TPSA) is 101 Å². The fourth-order valence-electron chi connectivity index (χ4n) is 3.08. The fraction of sp³-hybridized carbons (Fsp3) is 0.333. The van der Waals surface area contributed by atoms with Crippen molar-refractivity contribution in [3.8, 4) is 5.75 Å². The zero-order valence-corrected chi connectivity index (χ0v) is 16.3. The number of nitrogens with one attached hydrogen (secondary N) is 2. The van der Waals surface area contributed by atoms with E-state index < -0.39 is 12.1 Å². The summed E-state index contributed by atoms with van der Waals surface area (Å²) in [5.74, 6) is 0.303. The van der Waals surface area contributed by atoms with Crippen LogP contribution in [0.25, 0.3) is 0 Å². The van der Waals surface area contributed by atoms with E-state index in [-0.39, 0.29) is 24.7 Å². The van der Waals surface area contributed by atoms with Crippen molar-refractivity contribution in [1.29, 1.82) is 0 Å². The largest absolute Gasteiger partial charge is 0.497 e. The molecule has 29 heavy (non-hydrogen) atoms. The van der Waals surface area contributed by atoms with Crippen molar-refractivity contribution in [2.24, 2.45) is 0 Å². The molecule has 0 radical (unpaired) electrons. The van der Waals surface area contributed by atoms with Gasteiger partial charge in [0.25, 0.3) is 5.91 Å². The number of carbonyl (C=O) groups is 3. The van der Waals surface area contributed by atoms with Gasteiger partial charge in [0, 0.05) is 31.9 Å². The Morgan fingerprint density at radius 1 is 1.14 bits per heavy atom. The molecular weight excluding hydrogens is 372 g/mol. The number of aromatic nitrogens is 1. The SMILES string of the molecule is COc1ccc(CCN2C(=O)NC(CCC(=O)NCc3ccncc3)C2=O)cc1. The Balaban J connectivity index is 1.43. The third kappa shape index (κ3) is 5.54. The number of hydrogen-bond donors (Lipinski definition) is 2. The van der Waals surface area contributed by atoms with Crippen LogP contribution in [0.2, 0.25) is 0 Å². The molecule has 4 amide bonds. The predicted molar refractivity (Wildman–Crippen MR) is 106 cm³/mol. The number of carbonyl (C=O) groups excluding carboxylic acids is 3. The van der Waals surface area contributed by atoms with Gasteiger partial charge in [0.15, 0.2) is 0 Å². The summed E-state index contributed by atoms with van der Waals surface area (Å²) >= 11 is 0. The highest BCUT2D eigenvalue weighted by atomic mass is 16.5. The maximum absolute atomic E-state index is 12.5. The number of imide groups is 1. The first-order valence-corrected chi connectivity index (χ1v) is 9.47. The Kier molecular flexibility index (Phi) is 6.78. The van der Waals surface area contributed by atoms with E-state index in [2.05, 4.69) is 15.6 Å². The van der Waals surface area contributed by atoms with Crippen LogP contribution in [-0.2, 0) is 22.6 Å². The molecule has 1 aromatic heterocycles. The molecule has 0 saturated carbocycles. The monoisotopic (exact) mass is 396 g/mol. The zero-order chi connectivity index (χ0) is 20.6. The van der Waals surface area contributed by atoms with Gasteiger partial charge in [-0.15, -0.1) is 0 Å². The second kappa shape index (κ2) is 9.68. The van der Waals surface area contributed by atoms with Gasteiger partial charge in [0.05, 0.1) is 7.11 Å². The van der Waals surface area contributed by atoms with Crippen molar-refractivity contribution in [2.75, 3.05) is 13.7 Å². The number of benzene rings is 1. The number of methoxy groups -OCH3 is 1. The van der Waals surface area contributed by atoms with Crippen LogP contribution in [0.4, 0.5) is 4.79 Å². The molecule has 2 heterocycles. The number of rotatable bonds is 9. The first-order chi connectivity index (χ1) is 14.1. The second-order valence-electron chi connectivity index (χ2n) is 6.76. The van der Waals surface area contributed by atoms with Crippen LogP contribution in [0.5, 0.6) is 5.75 Å². The lowest BCUT2D eigenvalue weighted by Gasteiger charge is -2.13. The van der Waals surface area contributed by atoms with Crippen molar-refractivity contribution in [2.45, 2.75) is 31.8 Å². The lowest BCUT2D eigenvalue weighted by molar-refractivity contribution is -0.127. The Morgan fingerprint density at radius 2 is 1.86 bits per heavy atom. The van der Waals surface area contributed by atoms with Crippen molar-refractivity contribution >= 4 is 17.8 Å². The minimum absolute atomic E-state index is 0.161. The molecule has 8 nitrogen and oxygen atoms in total. The van der Waals surface area contributed by atoms with Crippen molar-refractivity contribution in [3.63, 3.8) is 0 Å². The summed E-state index contributed by atoms with van der Waals surface area (Å²) in [4.78, 5) is 41.8. The summed E-state index contributed by atoms with van der Waals surface area (Å²) in [6.45, 7) is 0.696. The molecular formula is C21H24N4O4. The number of ether oxygens (including phenoxy) is 1. The van der Waals surface area contributed by atoms with Gasteiger partial charge in [-0.3, -0.25) is 19.5 Å². The summed E-state index contributed by atoms with van der Waals surface area (Å²) in [6, 6.07) is 10.1. The van der Waals surface area contributed by atoms with Crippen LogP contribution in [0, 0.1) is 0 Å². The van der Waals surface area contributed by atoms with Gasteiger partial charge in [0.2, 0.25) is 5.91 Å². The Bertz CT molecular complexity index is 855. The summed E-state index contributed by atoms with van der Waals surface area (Å²) in [5.41, 5.74) is 1.95. The Hall–Kier alpha value is -3.42. The van der Waals surface area contributed by atoms with Gasteiger partial charge in [0.1, 0.15) is 11.8 Å².